The highest BCUT2D eigenvalue weighted by Gasteiger charge is 2.12. The van der Waals surface area contributed by atoms with Gasteiger partial charge in [-0.15, -0.1) is 0 Å². The second-order valence-corrected chi connectivity index (χ2v) is 3.85. The van der Waals surface area contributed by atoms with E-state index in [9.17, 15) is 8.78 Å². The zero-order valence-corrected chi connectivity index (χ0v) is 9.96. The predicted molar refractivity (Wildman–Crippen MR) is 65.6 cm³/mol. The van der Waals surface area contributed by atoms with Gasteiger partial charge in [-0.05, 0) is 26.0 Å². The van der Waals surface area contributed by atoms with Crippen LogP contribution in [0.3, 0.4) is 0 Å². The number of hydrogen-bond acceptors (Lipinski definition) is 4. The number of aromatic nitrogens is 2. The van der Waals surface area contributed by atoms with E-state index in [-0.39, 0.29) is 11.5 Å². The molecule has 3 N–H and O–H groups in total. The van der Waals surface area contributed by atoms with Crippen molar-refractivity contribution in [2.24, 2.45) is 0 Å². The first-order chi connectivity index (χ1) is 8.49. The van der Waals surface area contributed by atoms with Gasteiger partial charge in [0.15, 0.2) is 0 Å². The predicted octanol–water partition coefficient (Wildman–Crippen LogP) is 2.70. The molecule has 0 aliphatic rings. The fraction of sp³-hybridized carbons (Fsp3) is 0.167. The van der Waals surface area contributed by atoms with Crippen LogP contribution in [0, 0.1) is 25.5 Å². The maximum Gasteiger partial charge on any atom is 0.149 e. The Hall–Kier alpha value is -2.24. The maximum atomic E-state index is 13.5. The number of nitrogen functional groups attached to an aromatic ring is 1. The van der Waals surface area contributed by atoms with E-state index in [1.165, 1.54) is 6.07 Å². The number of anilines is 3. The van der Waals surface area contributed by atoms with Crippen molar-refractivity contribution in [1.29, 1.82) is 0 Å². The third-order valence-corrected chi connectivity index (χ3v) is 2.50. The van der Waals surface area contributed by atoms with Crippen molar-refractivity contribution in [3.8, 4) is 0 Å². The average molecular weight is 250 g/mol. The maximum absolute atomic E-state index is 13.5. The van der Waals surface area contributed by atoms with Crippen molar-refractivity contribution >= 4 is 17.3 Å². The third-order valence-electron chi connectivity index (χ3n) is 2.50. The van der Waals surface area contributed by atoms with Crippen LogP contribution in [0.15, 0.2) is 18.2 Å². The molecule has 94 valence electrons. The number of halogens is 2. The Morgan fingerprint density at radius 1 is 1.11 bits per heavy atom. The van der Waals surface area contributed by atoms with Gasteiger partial charge in [0.1, 0.15) is 34.8 Å². The van der Waals surface area contributed by atoms with Crippen LogP contribution < -0.4 is 11.1 Å². The smallest absolute Gasteiger partial charge is 0.149 e. The van der Waals surface area contributed by atoms with Gasteiger partial charge in [0.25, 0.3) is 0 Å². The van der Waals surface area contributed by atoms with E-state index in [2.05, 4.69) is 15.3 Å². The molecule has 6 heteroatoms. The minimum absolute atomic E-state index is 0.252. The van der Waals surface area contributed by atoms with Gasteiger partial charge in [0, 0.05) is 5.56 Å². The van der Waals surface area contributed by atoms with Crippen molar-refractivity contribution in [3.63, 3.8) is 0 Å². The van der Waals surface area contributed by atoms with E-state index in [0.29, 0.717) is 17.2 Å². The van der Waals surface area contributed by atoms with Crippen LogP contribution in [0.2, 0.25) is 0 Å². The largest absolute Gasteiger partial charge is 0.383 e. The van der Waals surface area contributed by atoms with Crippen molar-refractivity contribution in [2.75, 3.05) is 11.1 Å². The lowest BCUT2D eigenvalue weighted by Gasteiger charge is -2.12. The monoisotopic (exact) mass is 250 g/mol. The minimum atomic E-state index is -0.691. The molecule has 2 rings (SSSR count). The van der Waals surface area contributed by atoms with E-state index < -0.39 is 11.6 Å². The summed E-state index contributed by atoms with van der Waals surface area (Å²) in [6, 6.07) is 3.62. The molecule has 0 aliphatic carbocycles. The second-order valence-electron chi connectivity index (χ2n) is 3.85. The Bertz CT molecular complexity index is 579. The molecule has 0 fully saturated rings. The summed E-state index contributed by atoms with van der Waals surface area (Å²) >= 11 is 0. The highest BCUT2D eigenvalue weighted by atomic mass is 19.1. The molecule has 0 aliphatic heterocycles. The van der Waals surface area contributed by atoms with Crippen LogP contribution in [0.5, 0.6) is 0 Å². The number of benzene rings is 1. The zero-order valence-electron chi connectivity index (χ0n) is 9.96. The van der Waals surface area contributed by atoms with Gasteiger partial charge in [-0.25, -0.2) is 18.7 Å². The molecule has 0 unspecified atom stereocenters. The molecule has 1 aromatic heterocycles. The molecule has 0 amide bonds. The summed E-state index contributed by atoms with van der Waals surface area (Å²) in [6.07, 6.45) is 0. The van der Waals surface area contributed by atoms with E-state index >= 15 is 0 Å². The topological polar surface area (TPSA) is 63.8 Å². The lowest BCUT2D eigenvalue weighted by molar-refractivity contribution is 0.590. The highest BCUT2D eigenvalue weighted by molar-refractivity contribution is 5.64. The number of aryl methyl sites for hydroxylation is 1. The van der Waals surface area contributed by atoms with Gasteiger partial charge < -0.3 is 11.1 Å². The third kappa shape index (κ3) is 2.22. The summed E-state index contributed by atoms with van der Waals surface area (Å²) in [5.74, 6) is -0.378. The first-order valence-electron chi connectivity index (χ1n) is 5.31. The van der Waals surface area contributed by atoms with Crippen LogP contribution in [0.25, 0.3) is 0 Å². The van der Waals surface area contributed by atoms with E-state index in [1.807, 2.05) is 0 Å². The van der Waals surface area contributed by atoms with Crippen molar-refractivity contribution in [1.82, 2.24) is 9.97 Å². The first kappa shape index (κ1) is 12.2. The van der Waals surface area contributed by atoms with Gasteiger partial charge in [-0.3, -0.25) is 0 Å². The van der Waals surface area contributed by atoms with Crippen molar-refractivity contribution in [3.05, 3.63) is 41.2 Å². The van der Waals surface area contributed by atoms with Gasteiger partial charge >= 0.3 is 0 Å². The van der Waals surface area contributed by atoms with E-state index in [4.69, 9.17) is 5.73 Å². The van der Waals surface area contributed by atoms with Gasteiger partial charge in [-0.2, -0.15) is 0 Å². The quantitative estimate of drug-likeness (QED) is 0.860. The molecule has 18 heavy (non-hydrogen) atoms. The normalized spacial score (nSPS) is 10.4. The van der Waals surface area contributed by atoms with E-state index in [1.54, 1.807) is 13.8 Å². The second kappa shape index (κ2) is 4.56. The summed E-state index contributed by atoms with van der Waals surface area (Å²) in [6.45, 7) is 3.33. The zero-order chi connectivity index (χ0) is 13.3. The number of nitrogens with zero attached hydrogens (tertiary/aromatic N) is 2. The Morgan fingerprint density at radius 2 is 1.72 bits per heavy atom. The van der Waals surface area contributed by atoms with Gasteiger partial charge in [0.05, 0.1) is 0 Å². The molecule has 1 heterocycles. The lowest BCUT2D eigenvalue weighted by Crippen LogP contribution is -2.06. The fourth-order valence-electron chi connectivity index (χ4n) is 1.51. The Balaban J connectivity index is 2.46. The molecule has 0 radical (unpaired) electrons. The number of hydrogen-bond donors (Lipinski definition) is 2. The summed E-state index contributed by atoms with van der Waals surface area (Å²) in [5.41, 5.74) is 5.97. The molecule has 1 aromatic carbocycles. The summed E-state index contributed by atoms with van der Waals surface area (Å²) < 4.78 is 27.0. The lowest BCUT2D eigenvalue weighted by atomic mass is 10.2. The average Bonchev–Trinajstić information content (AvgIpc) is 2.30. The Kier molecular flexibility index (Phi) is 3.10. The highest BCUT2D eigenvalue weighted by Crippen LogP contribution is 2.25. The van der Waals surface area contributed by atoms with Crippen LogP contribution in [-0.4, -0.2) is 9.97 Å². The number of nitrogens with one attached hydrogen (secondary N) is 1. The van der Waals surface area contributed by atoms with Crippen LogP contribution >= 0.6 is 0 Å². The van der Waals surface area contributed by atoms with Crippen molar-refractivity contribution in [2.45, 2.75) is 13.8 Å². The SMILES string of the molecule is Cc1nc(N)c(C)c(Nc2c(F)cccc2F)n1. The fourth-order valence-corrected chi connectivity index (χ4v) is 1.51. The molecule has 2 aromatic rings. The van der Waals surface area contributed by atoms with E-state index in [0.717, 1.165) is 12.1 Å². The molecule has 0 saturated carbocycles. The molecule has 4 nitrogen and oxygen atoms in total. The first-order valence-corrected chi connectivity index (χ1v) is 5.31. The summed E-state index contributed by atoms with van der Waals surface area (Å²) in [7, 11) is 0. The molecule has 0 atom stereocenters. The number of nitrogens with two attached hydrogens (primary N) is 1. The summed E-state index contributed by atoms with van der Waals surface area (Å²) in [4.78, 5) is 8.03. The molecule has 0 spiro atoms. The summed E-state index contributed by atoms with van der Waals surface area (Å²) in [5, 5.41) is 2.61. The standard InChI is InChI=1S/C12H12F2N4/c1-6-11(15)16-7(2)17-12(6)18-10-8(13)4-3-5-9(10)14/h3-5H,1-2H3,(H3,15,16,17,18). The number of para-hydroxylation sites is 1. The van der Waals surface area contributed by atoms with Crippen LogP contribution in [-0.2, 0) is 0 Å². The Morgan fingerprint density at radius 3 is 2.33 bits per heavy atom. The van der Waals surface area contributed by atoms with Gasteiger partial charge in [0.2, 0.25) is 0 Å². The Labute approximate surface area is 103 Å². The number of rotatable bonds is 2. The molecular formula is C12H12F2N4. The van der Waals surface area contributed by atoms with Crippen molar-refractivity contribution < 1.29 is 8.78 Å². The van der Waals surface area contributed by atoms with Crippen LogP contribution in [0.1, 0.15) is 11.4 Å². The minimum Gasteiger partial charge on any atom is -0.383 e. The van der Waals surface area contributed by atoms with Gasteiger partial charge in [-0.1, -0.05) is 6.07 Å². The molecule has 0 saturated heterocycles. The molecular weight excluding hydrogens is 238 g/mol. The van der Waals surface area contributed by atoms with Crippen LogP contribution in [0.4, 0.5) is 26.1 Å². The molecule has 0 bridgehead atoms.